The molecule has 0 spiro atoms. The molecule has 134 valence electrons. The van der Waals surface area contributed by atoms with Crippen LogP contribution in [0.25, 0.3) is 11.0 Å². The van der Waals surface area contributed by atoms with Crippen LogP contribution in [-0.2, 0) is 16.1 Å². The molecule has 2 amide bonds. The van der Waals surface area contributed by atoms with Crippen molar-refractivity contribution in [1.29, 1.82) is 0 Å². The Morgan fingerprint density at radius 2 is 2.28 bits per heavy atom. The highest BCUT2D eigenvalue weighted by Gasteiger charge is 2.28. The minimum Gasteiger partial charge on any atom is -0.369 e. The van der Waals surface area contributed by atoms with E-state index in [4.69, 9.17) is 5.73 Å². The molecule has 1 unspecified atom stereocenters. The fourth-order valence-electron chi connectivity index (χ4n) is 3.34. The number of carbonyl (C=O) groups excluding carboxylic acids is 2. The Kier molecular flexibility index (Phi) is 4.98. The smallest absolute Gasteiger partial charge is 0.231 e. The van der Waals surface area contributed by atoms with Crippen LogP contribution in [0.4, 0.5) is 4.39 Å². The second-order valence-electron chi connectivity index (χ2n) is 6.58. The van der Waals surface area contributed by atoms with Crippen LogP contribution in [-0.4, -0.2) is 58.3 Å². The molecule has 0 saturated carbocycles. The monoisotopic (exact) mass is 347 g/mol. The summed E-state index contributed by atoms with van der Waals surface area (Å²) in [6, 6.07) is 4.35. The predicted octanol–water partition coefficient (Wildman–Crippen LogP) is 0.858. The normalized spacial score (nSPS) is 18.4. The molecule has 1 aromatic carbocycles. The molecule has 8 heteroatoms. The van der Waals surface area contributed by atoms with Crippen LogP contribution in [0.5, 0.6) is 0 Å². The average Bonchev–Trinajstić information content (AvgIpc) is 2.95. The molecule has 2 heterocycles. The SMILES string of the molecule is CN(Cc1nc2ccc(F)cc2[nH]1)C(=O)C1CCCN(CC(N)=O)C1. The Morgan fingerprint density at radius 1 is 1.48 bits per heavy atom. The molecule has 3 N–H and O–H groups in total. The number of benzene rings is 1. The summed E-state index contributed by atoms with van der Waals surface area (Å²) in [4.78, 5) is 34.7. The Labute approximate surface area is 145 Å². The predicted molar refractivity (Wildman–Crippen MR) is 90.9 cm³/mol. The third-order valence-electron chi connectivity index (χ3n) is 4.49. The number of hydrogen-bond acceptors (Lipinski definition) is 4. The number of halogens is 1. The second-order valence-corrected chi connectivity index (χ2v) is 6.58. The van der Waals surface area contributed by atoms with Crippen LogP contribution in [0.2, 0.25) is 0 Å². The van der Waals surface area contributed by atoms with Gasteiger partial charge in [0.05, 0.1) is 30.0 Å². The number of nitrogens with zero attached hydrogens (tertiary/aromatic N) is 3. The van der Waals surface area contributed by atoms with Gasteiger partial charge in [-0.05, 0) is 37.6 Å². The summed E-state index contributed by atoms with van der Waals surface area (Å²) < 4.78 is 13.3. The van der Waals surface area contributed by atoms with Gasteiger partial charge in [0.1, 0.15) is 11.6 Å². The molecule has 1 aliphatic rings. The van der Waals surface area contributed by atoms with Gasteiger partial charge >= 0.3 is 0 Å². The maximum Gasteiger partial charge on any atom is 0.231 e. The van der Waals surface area contributed by atoms with E-state index in [1.54, 1.807) is 18.0 Å². The Hall–Kier alpha value is -2.48. The molecule has 1 aliphatic heterocycles. The van der Waals surface area contributed by atoms with Crippen LogP contribution in [0, 0.1) is 11.7 Å². The fraction of sp³-hybridized carbons (Fsp3) is 0.471. The van der Waals surface area contributed by atoms with Crippen molar-refractivity contribution >= 4 is 22.8 Å². The second kappa shape index (κ2) is 7.18. The van der Waals surface area contributed by atoms with Crippen molar-refractivity contribution < 1.29 is 14.0 Å². The zero-order valence-corrected chi connectivity index (χ0v) is 14.2. The number of carbonyl (C=O) groups is 2. The zero-order chi connectivity index (χ0) is 18.0. The van der Waals surface area contributed by atoms with Gasteiger partial charge in [-0.2, -0.15) is 0 Å². The lowest BCUT2D eigenvalue weighted by atomic mass is 9.96. The van der Waals surface area contributed by atoms with Crippen molar-refractivity contribution in [2.45, 2.75) is 19.4 Å². The minimum atomic E-state index is -0.379. The van der Waals surface area contributed by atoms with Crippen LogP contribution >= 0.6 is 0 Å². The van der Waals surface area contributed by atoms with Crippen molar-refractivity contribution in [3.8, 4) is 0 Å². The number of hydrogen-bond donors (Lipinski definition) is 2. The molecule has 0 bridgehead atoms. The largest absolute Gasteiger partial charge is 0.369 e. The molecule has 1 atom stereocenters. The number of nitrogens with one attached hydrogen (secondary N) is 1. The maximum absolute atomic E-state index is 13.3. The molecule has 0 aliphatic carbocycles. The van der Waals surface area contributed by atoms with E-state index in [9.17, 15) is 14.0 Å². The zero-order valence-electron chi connectivity index (χ0n) is 14.2. The van der Waals surface area contributed by atoms with E-state index in [0.717, 1.165) is 19.4 Å². The van der Waals surface area contributed by atoms with E-state index in [1.165, 1.54) is 12.1 Å². The standard InChI is InChI=1S/C17H22FN5O2/c1-22(10-16-20-13-5-4-12(18)7-14(13)21-16)17(25)11-3-2-6-23(8-11)9-15(19)24/h4-5,7,11H,2-3,6,8-10H2,1H3,(H2,19,24)(H,20,21). The molecule has 25 heavy (non-hydrogen) atoms. The summed E-state index contributed by atoms with van der Waals surface area (Å²) in [6.07, 6.45) is 1.66. The molecule has 1 aromatic heterocycles. The highest BCUT2D eigenvalue weighted by Crippen LogP contribution is 2.19. The van der Waals surface area contributed by atoms with Gasteiger partial charge in [0, 0.05) is 13.6 Å². The molecular formula is C17H22FN5O2. The van der Waals surface area contributed by atoms with Gasteiger partial charge in [0.15, 0.2) is 0 Å². The van der Waals surface area contributed by atoms with Crippen LogP contribution < -0.4 is 5.73 Å². The molecule has 1 fully saturated rings. The summed E-state index contributed by atoms with van der Waals surface area (Å²) in [5, 5.41) is 0. The third kappa shape index (κ3) is 4.14. The Balaban J connectivity index is 1.64. The minimum absolute atomic E-state index is 0.0146. The third-order valence-corrected chi connectivity index (χ3v) is 4.49. The number of amides is 2. The van der Waals surface area contributed by atoms with Gasteiger partial charge in [0.25, 0.3) is 0 Å². The van der Waals surface area contributed by atoms with Gasteiger partial charge in [-0.15, -0.1) is 0 Å². The van der Waals surface area contributed by atoms with E-state index in [0.29, 0.717) is 29.9 Å². The lowest BCUT2D eigenvalue weighted by molar-refractivity contribution is -0.137. The van der Waals surface area contributed by atoms with E-state index < -0.39 is 0 Å². The van der Waals surface area contributed by atoms with Crippen LogP contribution in [0.15, 0.2) is 18.2 Å². The quantitative estimate of drug-likeness (QED) is 0.838. The Bertz CT molecular complexity index is 790. The molecule has 2 aromatic rings. The van der Waals surface area contributed by atoms with E-state index in [2.05, 4.69) is 9.97 Å². The van der Waals surface area contributed by atoms with Crippen molar-refractivity contribution in [3.05, 3.63) is 29.8 Å². The number of H-pyrrole nitrogens is 1. The first kappa shape index (κ1) is 17.3. The molecule has 1 saturated heterocycles. The first-order valence-electron chi connectivity index (χ1n) is 8.32. The number of imidazole rings is 1. The number of aromatic amines is 1. The topological polar surface area (TPSA) is 95.3 Å². The molecular weight excluding hydrogens is 325 g/mol. The first-order chi connectivity index (χ1) is 11.9. The number of likely N-dealkylation sites (tertiary alicyclic amines) is 1. The molecule has 0 radical (unpaired) electrons. The fourth-order valence-corrected chi connectivity index (χ4v) is 3.34. The maximum atomic E-state index is 13.3. The summed E-state index contributed by atoms with van der Waals surface area (Å²) in [7, 11) is 1.73. The van der Waals surface area contributed by atoms with Gasteiger partial charge in [-0.25, -0.2) is 9.37 Å². The highest BCUT2D eigenvalue weighted by molar-refractivity contribution is 5.80. The van der Waals surface area contributed by atoms with Gasteiger partial charge in [-0.1, -0.05) is 0 Å². The van der Waals surface area contributed by atoms with E-state index in [-0.39, 0.29) is 30.1 Å². The lowest BCUT2D eigenvalue weighted by Gasteiger charge is -2.33. The van der Waals surface area contributed by atoms with Crippen molar-refractivity contribution in [3.63, 3.8) is 0 Å². The number of fused-ring (bicyclic) bond motifs is 1. The number of primary amides is 1. The van der Waals surface area contributed by atoms with Crippen molar-refractivity contribution in [2.24, 2.45) is 11.7 Å². The van der Waals surface area contributed by atoms with Gasteiger partial charge in [-0.3, -0.25) is 14.5 Å². The van der Waals surface area contributed by atoms with E-state index in [1.807, 2.05) is 4.90 Å². The summed E-state index contributed by atoms with van der Waals surface area (Å²) >= 11 is 0. The summed E-state index contributed by atoms with van der Waals surface area (Å²) in [5.74, 6) is -0.234. The number of rotatable bonds is 5. The Morgan fingerprint density at radius 3 is 3.04 bits per heavy atom. The molecule has 3 rings (SSSR count). The average molecular weight is 347 g/mol. The molecule has 7 nitrogen and oxygen atoms in total. The van der Waals surface area contributed by atoms with Crippen molar-refractivity contribution in [1.82, 2.24) is 19.8 Å². The summed E-state index contributed by atoms with van der Waals surface area (Å²) in [5.41, 5.74) is 6.52. The van der Waals surface area contributed by atoms with Crippen molar-refractivity contribution in [2.75, 3.05) is 26.7 Å². The number of nitrogens with two attached hydrogens (primary N) is 1. The number of aromatic nitrogens is 2. The van der Waals surface area contributed by atoms with Gasteiger partial charge in [0.2, 0.25) is 11.8 Å². The first-order valence-corrected chi connectivity index (χ1v) is 8.32. The summed E-state index contributed by atoms with van der Waals surface area (Å²) in [6.45, 7) is 1.83. The highest BCUT2D eigenvalue weighted by atomic mass is 19.1. The van der Waals surface area contributed by atoms with Gasteiger partial charge < -0.3 is 15.6 Å². The van der Waals surface area contributed by atoms with E-state index >= 15 is 0 Å². The van der Waals surface area contributed by atoms with Crippen LogP contribution in [0.3, 0.4) is 0 Å². The number of piperidine rings is 1. The van der Waals surface area contributed by atoms with Crippen LogP contribution in [0.1, 0.15) is 18.7 Å². The lowest BCUT2D eigenvalue weighted by Crippen LogP contribution is -2.46.